The Hall–Kier alpha value is -1.93. The Morgan fingerprint density at radius 1 is 1.09 bits per heavy atom. The number of carbonyl (C=O) groups is 2. The largest absolute Gasteiger partial charge is 0.351 e. The van der Waals surface area contributed by atoms with Crippen LogP contribution in [0.15, 0.2) is 24.3 Å². The Balaban J connectivity index is 1.93. The second kappa shape index (κ2) is 10.3. The summed E-state index contributed by atoms with van der Waals surface area (Å²) in [7, 11) is -3.62. The second-order valence-corrected chi connectivity index (χ2v) is 11.5. The molecule has 1 heterocycles. The lowest BCUT2D eigenvalue weighted by molar-refractivity contribution is -0.133. The summed E-state index contributed by atoms with van der Waals surface area (Å²) in [6, 6.07) is 7.50. The third-order valence-electron chi connectivity index (χ3n) is 6.62. The van der Waals surface area contributed by atoms with Gasteiger partial charge in [0.25, 0.3) is 0 Å². The summed E-state index contributed by atoms with van der Waals surface area (Å²) in [4.78, 5) is 28.5. The van der Waals surface area contributed by atoms with Crippen molar-refractivity contribution in [2.75, 3.05) is 23.7 Å². The third kappa shape index (κ3) is 5.52. The highest BCUT2D eigenvalue weighted by Gasteiger charge is 2.51. The first-order valence-corrected chi connectivity index (χ1v) is 13.5. The van der Waals surface area contributed by atoms with E-state index in [1.54, 1.807) is 13.8 Å². The predicted molar refractivity (Wildman–Crippen MR) is 127 cm³/mol. The molecule has 32 heavy (non-hydrogen) atoms. The van der Waals surface area contributed by atoms with E-state index in [1.807, 2.05) is 31.2 Å². The van der Waals surface area contributed by atoms with Crippen molar-refractivity contribution in [2.24, 2.45) is 0 Å². The van der Waals surface area contributed by atoms with Gasteiger partial charge in [-0.15, -0.1) is 0 Å². The van der Waals surface area contributed by atoms with Gasteiger partial charge in [0.15, 0.2) is 0 Å². The molecule has 1 aromatic carbocycles. The number of carbonyl (C=O) groups excluding carboxylic acids is 2. The number of nitrogens with zero attached hydrogens (tertiary/aromatic N) is 2. The molecule has 0 unspecified atom stereocenters. The van der Waals surface area contributed by atoms with Crippen LogP contribution in [0.5, 0.6) is 0 Å². The van der Waals surface area contributed by atoms with Gasteiger partial charge in [0.2, 0.25) is 21.8 Å². The van der Waals surface area contributed by atoms with Gasteiger partial charge in [0, 0.05) is 18.3 Å². The standard InChI is InChI=1S/C24H37N3O4S/c1-4-16-32(30,31)26-17-22(28)27(21-14-12-19(2)13-15-21)24(3,18-26)23(29)25-20-10-8-6-5-7-9-11-20/h12-15,20H,4-11,16-18H2,1-3H3,(H,25,29)/t24-/m0/s1. The molecule has 0 spiro atoms. The van der Waals surface area contributed by atoms with Crippen molar-refractivity contribution in [1.29, 1.82) is 0 Å². The second-order valence-electron chi connectivity index (χ2n) is 9.44. The van der Waals surface area contributed by atoms with Crippen molar-refractivity contribution in [2.45, 2.75) is 83.7 Å². The van der Waals surface area contributed by atoms with Gasteiger partial charge in [0.05, 0.1) is 12.3 Å². The Labute approximate surface area is 192 Å². The molecule has 2 amide bonds. The average molecular weight is 464 g/mol. The first-order chi connectivity index (χ1) is 15.2. The lowest BCUT2D eigenvalue weighted by Crippen LogP contribution is -2.71. The fraction of sp³-hybridized carbons (Fsp3) is 0.667. The first-order valence-electron chi connectivity index (χ1n) is 11.9. The van der Waals surface area contributed by atoms with Gasteiger partial charge in [-0.25, -0.2) is 8.42 Å². The van der Waals surface area contributed by atoms with Gasteiger partial charge in [-0.1, -0.05) is 56.7 Å². The summed E-state index contributed by atoms with van der Waals surface area (Å²) in [5.41, 5.74) is 0.336. The van der Waals surface area contributed by atoms with E-state index in [-0.39, 0.29) is 36.7 Å². The fourth-order valence-electron chi connectivity index (χ4n) is 4.79. The molecule has 2 aliphatic rings. The molecule has 0 bridgehead atoms. The third-order valence-corrected chi connectivity index (χ3v) is 8.59. The van der Waals surface area contributed by atoms with E-state index in [4.69, 9.17) is 0 Å². The molecule has 1 saturated heterocycles. The van der Waals surface area contributed by atoms with E-state index in [9.17, 15) is 18.0 Å². The maximum atomic E-state index is 13.7. The first kappa shape index (κ1) is 24.7. The van der Waals surface area contributed by atoms with Crippen molar-refractivity contribution in [3.05, 3.63) is 29.8 Å². The van der Waals surface area contributed by atoms with Gasteiger partial charge in [-0.2, -0.15) is 4.31 Å². The topological polar surface area (TPSA) is 86.8 Å². The monoisotopic (exact) mass is 463 g/mol. The zero-order valence-electron chi connectivity index (χ0n) is 19.6. The van der Waals surface area contributed by atoms with Crippen LogP contribution < -0.4 is 10.2 Å². The minimum Gasteiger partial charge on any atom is -0.351 e. The van der Waals surface area contributed by atoms with Gasteiger partial charge in [0.1, 0.15) is 5.54 Å². The number of piperazine rings is 1. The molecule has 0 aromatic heterocycles. The fourth-order valence-corrected chi connectivity index (χ4v) is 6.32. The molecule has 0 radical (unpaired) electrons. The van der Waals surface area contributed by atoms with Crippen molar-refractivity contribution in [3.63, 3.8) is 0 Å². The Bertz CT molecular complexity index is 908. The maximum Gasteiger partial charge on any atom is 0.247 e. The number of benzene rings is 1. The van der Waals surface area contributed by atoms with Crippen molar-refractivity contribution >= 4 is 27.5 Å². The quantitative estimate of drug-likeness (QED) is 0.701. The number of hydrogen-bond acceptors (Lipinski definition) is 4. The number of aryl methyl sites for hydroxylation is 1. The molecule has 8 heteroatoms. The lowest BCUT2D eigenvalue weighted by Gasteiger charge is -2.47. The Morgan fingerprint density at radius 2 is 1.69 bits per heavy atom. The van der Waals surface area contributed by atoms with E-state index >= 15 is 0 Å². The zero-order valence-corrected chi connectivity index (χ0v) is 20.4. The van der Waals surface area contributed by atoms with Gasteiger partial charge < -0.3 is 5.32 Å². The highest BCUT2D eigenvalue weighted by atomic mass is 32.2. The Kier molecular flexibility index (Phi) is 7.98. The summed E-state index contributed by atoms with van der Waals surface area (Å²) >= 11 is 0. The van der Waals surface area contributed by atoms with E-state index in [1.165, 1.54) is 28.5 Å². The molecule has 1 saturated carbocycles. The highest BCUT2D eigenvalue weighted by molar-refractivity contribution is 7.89. The SMILES string of the molecule is CCCS(=O)(=O)N1CC(=O)N(c2ccc(C)cc2)[C@](C)(C(=O)NC2CCCCCCC2)C1. The van der Waals surface area contributed by atoms with Crippen LogP contribution in [0.4, 0.5) is 5.69 Å². The highest BCUT2D eigenvalue weighted by Crippen LogP contribution is 2.31. The van der Waals surface area contributed by atoms with Crippen LogP contribution in [0, 0.1) is 6.92 Å². The van der Waals surface area contributed by atoms with Crippen LogP contribution in [-0.2, 0) is 19.6 Å². The van der Waals surface area contributed by atoms with Crippen molar-refractivity contribution < 1.29 is 18.0 Å². The molecule has 178 valence electrons. The number of amides is 2. The molecule has 1 N–H and O–H groups in total. The summed E-state index contributed by atoms with van der Waals surface area (Å²) in [5.74, 6) is -0.700. The molecule has 2 fully saturated rings. The number of nitrogens with one attached hydrogen (secondary N) is 1. The van der Waals surface area contributed by atoms with Crippen LogP contribution >= 0.6 is 0 Å². The van der Waals surface area contributed by atoms with Gasteiger partial charge in [-0.3, -0.25) is 14.5 Å². The van der Waals surface area contributed by atoms with E-state index in [0.29, 0.717) is 12.1 Å². The van der Waals surface area contributed by atoms with Crippen LogP contribution in [0.2, 0.25) is 0 Å². The van der Waals surface area contributed by atoms with Crippen LogP contribution in [-0.4, -0.2) is 55.0 Å². The summed E-state index contributed by atoms with van der Waals surface area (Å²) in [6.07, 6.45) is 7.99. The number of hydrogen-bond donors (Lipinski definition) is 1. The maximum absolute atomic E-state index is 13.7. The molecule has 1 atom stereocenters. The van der Waals surface area contributed by atoms with E-state index in [0.717, 1.165) is 31.2 Å². The number of sulfonamides is 1. The predicted octanol–water partition coefficient (Wildman–Crippen LogP) is 3.37. The lowest BCUT2D eigenvalue weighted by atomic mass is 9.92. The van der Waals surface area contributed by atoms with Crippen LogP contribution in [0.25, 0.3) is 0 Å². The van der Waals surface area contributed by atoms with E-state index in [2.05, 4.69) is 5.32 Å². The molecule has 3 rings (SSSR count). The minimum absolute atomic E-state index is 0.0366. The molecule has 1 aromatic rings. The van der Waals surface area contributed by atoms with Crippen molar-refractivity contribution in [3.8, 4) is 0 Å². The number of rotatable bonds is 6. The normalized spacial score (nSPS) is 24.1. The molecular weight excluding hydrogens is 426 g/mol. The van der Waals surface area contributed by atoms with Gasteiger partial charge in [-0.05, 0) is 45.2 Å². The average Bonchev–Trinajstić information content (AvgIpc) is 2.70. The molecular formula is C24H37N3O4S. The van der Waals surface area contributed by atoms with Gasteiger partial charge >= 0.3 is 0 Å². The molecule has 1 aliphatic carbocycles. The summed E-state index contributed by atoms with van der Waals surface area (Å²) in [5, 5.41) is 3.18. The molecule has 1 aliphatic heterocycles. The zero-order chi connectivity index (χ0) is 23.4. The summed E-state index contributed by atoms with van der Waals surface area (Å²) in [6.45, 7) is 5.15. The van der Waals surface area contributed by atoms with Crippen LogP contribution in [0.1, 0.15) is 70.8 Å². The smallest absolute Gasteiger partial charge is 0.247 e. The van der Waals surface area contributed by atoms with E-state index < -0.39 is 15.6 Å². The van der Waals surface area contributed by atoms with Crippen molar-refractivity contribution in [1.82, 2.24) is 9.62 Å². The van der Waals surface area contributed by atoms with Crippen LogP contribution in [0.3, 0.4) is 0 Å². The molecule has 7 nitrogen and oxygen atoms in total. The Morgan fingerprint density at radius 3 is 2.28 bits per heavy atom. The number of anilines is 1. The minimum atomic E-state index is -3.62. The summed E-state index contributed by atoms with van der Waals surface area (Å²) < 4.78 is 26.8.